The number of rotatable bonds is 13. The molecule has 9 N–H and O–H groups in total. The van der Waals surface area contributed by atoms with Crippen molar-refractivity contribution in [3.05, 3.63) is 0 Å². The molecule has 0 fully saturated rings. The second-order valence-electron chi connectivity index (χ2n) is 6.33. The van der Waals surface area contributed by atoms with E-state index in [9.17, 15) is 19.2 Å². The highest BCUT2D eigenvalue weighted by atomic mass is 16.4. The van der Waals surface area contributed by atoms with E-state index >= 15 is 0 Å². The minimum atomic E-state index is -1.46. The molecule has 0 heterocycles. The van der Waals surface area contributed by atoms with Gasteiger partial charge in [0.1, 0.15) is 12.1 Å². The van der Waals surface area contributed by atoms with Gasteiger partial charge >= 0.3 is 5.97 Å². The zero-order valence-electron chi connectivity index (χ0n) is 15.4. The Morgan fingerprint density at radius 1 is 1.08 bits per heavy atom. The lowest BCUT2D eigenvalue weighted by molar-refractivity contribution is -0.144. The first kappa shape index (κ1) is 23.8. The van der Waals surface area contributed by atoms with Crippen LogP contribution in [-0.2, 0) is 19.2 Å². The Balaban J connectivity index is 5.01. The normalized spacial score (nSPS) is 15.4. The van der Waals surface area contributed by atoms with Gasteiger partial charge in [0.25, 0.3) is 0 Å². The molecule has 10 heteroatoms. The lowest BCUT2D eigenvalue weighted by Crippen LogP contribution is -2.57. The number of hydrogen-bond acceptors (Lipinski definition) is 6. The van der Waals surface area contributed by atoms with E-state index in [2.05, 4.69) is 10.6 Å². The molecule has 0 aromatic carbocycles. The smallest absolute Gasteiger partial charge is 0.326 e. The first-order valence-electron chi connectivity index (χ1n) is 8.71. The van der Waals surface area contributed by atoms with Gasteiger partial charge in [-0.1, -0.05) is 26.7 Å². The number of amides is 3. The Morgan fingerprint density at radius 3 is 2.15 bits per heavy atom. The summed E-state index contributed by atoms with van der Waals surface area (Å²) in [5.74, 6) is -3.70. The van der Waals surface area contributed by atoms with Crippen molar-refractivity contribution in [2.45, 2.75) is 64.1 Å². The van der Waals surface area contributed by atoms with E-state index in [0.717, 1.165) is 6.42 Å². The second-order valence-corrected chi connectivity index (χ2v) is 6.33. The molecule has 0 saturated heterocycles. The summed E-state index contributed by atoms with van der Waals surface area (Å²) in [4.78, 5) is 46.8. The lowest BCUT2D eigenvalue weighted by atomic mass is 9.97. The number of aliphatic carboxylic acids is 1. The summed E-state index contributed by atoms with van der Waals surface area (Å²) in [5.41, 5.74) is 16.2. The Bertz CT molecular complexity index is 499. The van der Waals surface area contributed by atoms with E-state index < -0.39 is 48.2 Å². The third-order valence-electron chi connectivity index (χ3n) is 4.12. The molecule has 0 saturated carbocycles. The van der Waals surface area contributed by atoms with Crippen molar-refractivity contribution < 1.29 is 24.3 Å². The Morgan fingerprint density at radius 2 is 1.69 bits per heavy atom. The fraction of sp³-hybridized carbons (Fsp3) is 0.750. The van der Waals surface area contributed by atoms with Crippen LogP contribution in [0.5, 0.6) is 0 Å². The van der Waals surface area contributed by atoms with Crippen LogP contribution in [0.4, 0.5) is 0 Å². The van der Waals surface area contributed by atoms with Gasteiger partial charge in [-0.3, -0.25) is 14.4 Å². The van der Waals surface area contributed by atoms with Gasteiger partial charge in [0.05, 0.1) is 12.5 Å². The van der Waals surface area contributed by atoms with Crippen LogP contribution < -0.4 is 27.8 Å². The molecule has 4 atom stereocenters. The quantitative estimate of drug-likeness (QED) is 0.210. The van der Waals surface area contributed by atoms with Gasteiger partial charge in [-0.05, 0) is 25.3 Å². The monoisotopic (exact) mass is 373 g/mol. The average Bonchev–Trinajstić information content (AvgIpc) is 2.57. The van der Waals surface area contributed by atoms with Gasteiger partial charge in [0.15, 0.2) is 0 Å². The molecule has 10 nitrogen and oxygen atoms in total. The molecule has 3 amide bonds. The molecule has 26 heavy (non-hydrogen) atoms. The number of nitrogens with two attached hydrogens (primary N) is 3. The van der Waals surface area contributed by atoms with E-state index in [-0.39, 0.29) is 5.92 Å². The Hall–Kier alpha value is -2.20. The van der Waals surface area contributed by atoms with Crippen molar-refractivity contribution in [1.29, 1.82) is 0 Å². The fourth-order valence-electron chi connectivity index (χ4n) is 2.26. The van der Waals surface area contributed by atoms with E-state index in [1.54, 1.807) is 6.92 Å². The molecule has 0 radical (unpaired) electrons. The van der Waals surface area contributed by atoms with Crippen molar-refractivity contribution in [3.8, 4) is 0 Å². The van der Waals surface area contributed by atoms with Gasteiger partial charge in [0, 0.05) is 0 Å². The van der Waals surface area contributed by atoms with Gasteiger partial charge < -0.3 is 32.9 Å². The number of carboxylic acids is 1. The third-order valence-corrected chi connectivity index (χ3v) is 4.12. The van der Waals surface area contributed by atoms with E-state index in [4.69, 9.17) is 22.3 Å². The number of carbonyl (C=O) groups is 4. The van der Waals surface area contributed by atoms with E-state index in [1.165, 1.54) is 0 Å². The summed E-state index contributed by atoms with van der Waals surface area (Å²) in [6.45, 7) is 4.08. The molecule has 0 aromatic rings. The maximum atomic E-state index is 12.5. The number of nitrogens with one attached hydrogen (secondary N) is 2. The molecule has 0 rings (SSSR count). The van der Waals surface area contributed by atoms with Crippen LogP contribution >= 0.6 is 0 Å². The van der Waals surface area contributed by atoms with Crippen LogP contribution in [0, 0.1) is 5.92 Å². The molecule has 0 bridgehead atoms. The second kappa shape index (κ2) is 12.2. The molecule has 0 aromatic heterocycles. The van der Waals surface area contributed by atoms with Crippen molar-refractivity contribution in [1.82, 2.24) is 10.6 Å². The number of carboxylic acid groups (broad SMARTS) is 1. The summed E-state index contributed by atoms with van der Waals surface area (Å²) < 4.78 is 0. The predicted octanol–water partition coefficient (Wildman–Crippen LogP) is -1.58. The maximum absolute atomic E-state index is 12.5. The van der Waals surface area contributed by atoms with Crippen molar-refractivity contribution in [3.63, 3.8) is 0 Å². The maximum Gasteiger partial charge on any atom is 0.326 e. The molecular formula is C16H31N5O5. The molecule has 0 aliphatic rings. The van der Waals surface area contributed by atoms with Crippen molar-refractivity contribution in [2.75, 3.05) is 6.54 Å². The van der Waals surface area contributed by atoms with Crippen LogP contribution in [0.3, 0.4) is 0 Å². The van der Waals surface area contributed by atoms with Crippen LogP contribution in [-0.4, -0.2) is 53.5 Å². The topological polar surface area (TPSA) is 191 Å². The number of carbonyl (C=O) groups excluding carboxylic acids is 3. The first-order valence-corrected chi connectivity index (χ1v) is 8.71. The van der Waals surface area contributed by atoms with Gasteiger partial charge in [0.2, 0.25) is 17.7 Å². The number of primary amides is 1. The highest BCUT2D eigenvalue weighted by Gasteiger charge is 2.31. The fourth-order valence-corrected chi connectivity index (χ4v) is 2.26. The van der Waals surface area contributed by atoms with Gasteiger partial charge in [-0.2, -0.15) is 0 Å². The zero-order valence-corrected chi connectivity index (χ0v) is 15.4. The van der Waals surface area contributed by atoms with Crippen LogP contribution in [0.2, 0.25) is 0 Å². The molecule has 0 unspecified atom stereocenters. The van der Waals surface area contributed by atoms with Gasteiger partial charge in [-0.15, -0.1) is 0 Å². The Labute approximate surface area is 153 Å². The van der Waals surface area contributed by atoms with Crippen LogP contribution in [0.15, 0.2) is 0 Å². The summed E-state index contributed by atoms with van der Waals surface area (Å²) in [6.07, 6.45) is 1.88. The van der Waals surface area contributed by atoms with E-state index in [0.29, 0.717) is 25.8 Å². The molecule has 0 spiro atoms. The predicted molar refractivity (Wildman–Crippen MR) is 95.6 cm³/mol. The Kier molecular flexibility index (Phi) is 11.2. The number of unbranched alkanes of at least 4 members (excludes halogenated alkanes) is 1. The zero-order chi connectivity index (χ0) is 20.3. The first-order chi connectivity index (χ1) is 12.1. The molecule has 0 aliphatic carbocycles. The summed E-state index contributed by atoms with van der Waals surface area (Å²) in [6, 6.07) is -3.22. The largest absolute Gasteiger partial charge is 0.480 e. The average molecular weight is 373 g/mol. The summed E-state index contributed by atoms with van der Waals surface area (Å²) >= 11 is 0. The summed E-state index contributed by atoms with van der Waals surface area (Å²) in [5, 5.41) is 13.9. The van der Waals surface area contributed by atoms with Crippen LogP contribution in [0.1, 0.15) is 46.0 Å². The lowest BCUT2D eigenvalue weighted by Gasteiger charge is -2.26. The van der Waals surface area contributed by atoms with Crippen molar-refractivity contribution >= 4 is 23.7 Å². The SMILES string of the molecule is CC[C@H](C)[C@H](NC(=O)[C@@H](N)CCCCN)C(=O)N[C@@H](CC(N)=O)C(=O)O. The third kappa shape index (κ3) is 8.77. The highest BCUT2D eigenvalue weighted by molar-refractivity contribution is 5.93. The molecule has 0 aliphatic heterocycles. The standard InChI is InChI=1S/C16H31N5O5/c1-3-9(2)13(21-14(23)10(18)6-4-5-7-17)15(24)20-11(16(25)26)8-12(19)22/h9-11,13H,3-8,17-18H2,1-2H3,(H2,19,22)(H,20,24)(H,21,23)(H,25,26)/t9-,10-,11-,13-/m0/s1. The molecular weight excluding hydrogens is 342 g/mol. The van der Waals surface area contributed by atoms with E-state index in [1.807, 2.05) is 6.92 Å². The van der Waals surface area contributed by atoms with Gasteiger partial charge in [-0.25, -0.2) is 4.79 Å². The van der Waals surface area contributed by atoms with Crippen molar-refractivity contribution in [2.24, 2.45) is 23.1 Å². The molecule has 150 valence electrons. The minimum absolute atomic E-state index is 0.266. The highest BCUT2D eigenvalue weighted by Crippen LogP contribution is 2.10. The van der Waals surface area contributed by atoms with Crippen LogP contribution in [0.25, 0.3) is 0 Å². The summed E-state index contributed by atoms with van der Waals surface area (Å²) in [7, 11) is 0. The minimum Gasteiger partial charge on any atom is -0.480 e. The number of hydrogen-bond donors (Lipinski definition) is 6.